The zero-order chi connectivity index (χ0) is 10.1. The molecule has 1 saturated heterocycles. The Hall–Kier alpha value is -1.12. The molecule has 3 nitrogen and oxygen atoms in total. The minimum atomic E-state index is -1.23. The number of rotatable bonds is 1. The third-order valence-electron chi connectivity index (χ3n) is 2.38. The molecule has 3 unspecified atom stereocenters. The molecule has 1 aliphatic carbocycles. The first-order chi connectivity index (χ1) is 6.66. The first-order valence-electron chi connectivity index (χ1n) is 4.48. The highest BCUT2D eigenvalue weighted by Gasteiger charge is 2.33. The molecule has 1 N–H and O–H groups in total. The van der Waals surface area contributed by atoms with Gasteiger partial charge in [0.2, 0.25) is 5.91 Å². The first kappa shape index (κ1) is 9.44. The maximum absolute atomic E-state index is 11.5. The van der Waals surface area contributed by atoms with Gasteiger partial charge in [0.05, 0.1) is 5.25 Å². The second-order valence-corrected chi connectivity index (χ2v) is 4.90. The molecule has 14 heavy (non-hydrogen) atoms. The van der Waals surface area contributed by atoms with E-state index in [0.717, 1.165) is 5.57 Å². The molecule has 4 heteroatoms. The van der Waals surface area contributed by atoms with Crippen LogP contribution in [0.15, 0.2) is 29.5 Å². The van der Waals surface area contributed by atoms with Crippen LogP contribution < -0.4 is 4.72 Å². The predicted octanol–water partition coefficient (Wildman–Crippen LogP) is 0.826. The summed E-state index contributed by atoms with van der Waals surface area (Å²) in [5.41, 5.74) is 4.14. The summed E-state index contributed by atoms with van der Waals surface area (Å²) in [5.74, 6) is -0.0557. The number of nitrogens with one attached hydrogen (secondary N) is 1. The molecule has 1 aliphatic heterocycles. The van der Waals surface area contributed by atoms with E-state index in [1.807, 2.05) is 25.2 Å². The Morgan fingerprint density at radius 1 is 1.64 bits per heavy atom. The standard InChI is InChI=1S/C10H11NO2S/c1-7-2-4-8(5-3-7)9-6-10(12)11-14(9)13/h2,4-5,8-9H,6H2,1H3,(H,11,12). The predicted molar refractivity (Wildman–Crippen MR) is 54.6 cm³/mol. The van der Waals surface area contributed by atoms with E-state index in [0.29, 0.717) is 6.42 Å². The summed E-state index contributed by atoms with van der Waals surface area (Å²) in [7, 11) is -1.23. The molecule has 0 aromatic carbocycles. The lowest BCUT2D eigenvalue weighted by Crippen LogP contribution is -2.22. The highest BCUT2D eigenvalue weighted by Crippen LogP contribution is 2.23. The van der Waals surface area contributed by atoms with Crippen LogP contribution in [-0.2, 0) is 15.8 Å². The fraction of sp³-hybridized carbons (Fsp3) is 0.400. The van der Waals surface area contributed by atoms with Crippen LogP contribution in [0.1, 0.15) is 13.3 Å². The van der Waals surface area contributed by atoms with Gasteiger partial charge in [0.15, 0.2) is 0 Å². The Morgan fingerprint density at radius 2 is 2.43 bits per heavy atom. The Labute approximate surface area is 85.2 Å². The van der Waals surface area contributed by atoms with Gasteiger partial charge in [-0.1, -0.05) is 12.2 Å². The van der Waals surface area contributed by atoms with Crippen LogP contribution in [0, 0.1) is 5.92 Å². The first-order valence-corrected chi connectivity index (χ1v) is 5.70. The highest BCUT2D eigenvalue weighted by atomic mass is 32.2. The van der Waals surface area contributed by atoms with Crippen LogP contribution >= 0.6 is 0 Å². The fourth-order valence-corrected chi connectivity index (χ4v) is 2.80. The van der Waals surface area contributed by atoms with Crippen molar-refractivity contribution in [2.75, 3.05) is 0 Å². The maximum atomic E-state index is 11.5. The molecule has 3 atom stereocenters. The molecule has 0 radical (unpaired) electrons. The fourth-order valence-electron chi connectivity index (χ4n) is 1.58. The lowest BCUT2D eigenvalue weighted by atomic mass is 9.98. The van der Waals surface area contributed by atoms with Crippen LogP contribution in [0.5, 0.6) is 0 Å². The molecule has 2 aliphatic rings. The van der Waals surface area contributed by atoms with E-state index >= 15 is 0 Å². The summed E-state index contributed by atoms with van der Waals surface area (Å²) in [5, 5.41) is -0.126. The molecule has 0 saturated carbocycles. The normalized spacial score (nSPS) is 35.6. The molecule has 1 amide bonds. The summed E-state index contributed by atoms with van der Waals surface area (Å²) in [6.07, 6.45) is 6.16. The second-order valence-electron chi connectivity index (χ2n) is 3.50. The van der Waals surface area contributed by atoms with Crippen LogP contribution in [-0.4, -0.2) is 15.4 Å². The molecule has 1 fully saturated rings. The number of hydrogen-bond acceptors (Lipinski definition) is 2. The zero-order valence-electron chi connectivity index (χ0n) is 7.82. The van der Waals surface area contributed by atoms with Gasteiger partial charge < -0.3 is 0 Å². The molecular formula is C10H11NO2S. The molecule has 1 heterocycles. The number of amides is 1. The third kappa shape index (κ3) is 1.72. The minimum Gasteiger partial charge on any atom is -0.275 e. The van der Waals surface area contributed by atoms with Crippen molar-refractivity contribution in [2.24, 2.45) is 5.92 Å². The lowest BCUT2D eigenvalue weighted by molar-refractivity contribution is -0.118. The smallest absolute Gasteiger partial charge is 0.232 e. The summed E-state index contributed by atoms with van der Waals surface area (Å²) in [6, 6.07) is 0. The SMILES string of the molecule is CC1=C=CC(C2CC(=O)NS2=O)C=C1. The average Bonchev–Trinajstić information content (AvgIpc) is 2.47. The van der Waals surface area contributed by atoms with Gasteiger partial charge in [-0.15, -0.1) is 5.73 Å². The topological polar surface area (TPSA) is 46.2 Å². The maximum Gasteiger partial charge on any atom is 0.232 e. The molecule has 0 bridgehead atoms. The van der Waals surface area contributed by atoms with E-state index in [1.165, 1.54) is 0 Å². The van der Waals surface area contributed by atoms with Crippen molar-refractivity contribution < 1.29 is 9.00 Å². The van der Waals surface area contributed by atoms with E-state index in [-0.39, 0.29) is 17.1 Å². The van der Waals surface area contributed by atoms with Crippen molar-refractivity contribution in [1.29, 1.82) is 0 Å². The second kappa shape index (κ2) is 3.56. The van der Waals surface area contributed by atoms with E-state index in [2.05, 4.69) is 10.5 Å². The van der Waals surface area contributed by atoms with Crippen molar-refractivity contribution >= 4 is 16.9 Å². The molecule has 74 valence electrons. The van der Waals surface area contributed by atoms with E-state index in [4.69, 9.17) is 0 Å². The van der Waals surface area contributed by atoms with E-state index < -0.39 is 11.0 Å². The van der Waals surface area contributed by atoms with Gasteiger partial charge in [0.1, 0.15) is 11.0 Å². The van der Waals surface area contributed by atoms with Gasteiger partial charge in [-0.05, 0) is 18.6 Å². The van der Waals surface area contributed by atoms with Gasteiger partial charge in [-0.2, -0.15) is 0 Å². The number of hydrogen-bond donors (Lipinski definition) is 1. The number of allylic oxidation sites excluding steroid dienone is 3. The molecular weight excluding hydrogens is 198 g/mol. The van der Waals surface area contributed by atoms with Gasteiger partial charge >= 0.3 is 0 Å². The van der Waals surface area contributed by atoms with E-state index in [1.54, 1.807) is 0 Å². The van der Waals surface area contributed by atoms with Crippen molar-refractivity contribution in [3.63, 3.8) is 0 Å². The van der Waals surface area contributed by atoms with Crippen LogP contribution in [0.2, 0.25) is 0 Å². The summed E-state index contributed by atoms with van der Waals surface area (Å²) in [6.45, 7) is 1.96. The lowest BCUT2D eigenvalue weighted by Gasteiger charge is -2.14. The van der Waals surface area contributed by atoms with Crippen molar-refractivity contribution in [2.45, 2.75) is 18.6 Å². The summed E-state index contributed by atoms with van der Waals surface area (Å²) in [4.78, 5) is 11.0. The quantitative estimate of drug-likeness (QED) is 0.650. The molecule has 0 aromatic heterocycles. The zero-order valence-corrected chi connectivity index (χ0v) is 8.64. The van der Waals surface area contributed by atoms with Crippen LogP contribution in [0.4, 0.5) is 0 Å². The van der Waals surface area contributed by atoms with Crippen molar-refractivity contribution in [1.82, 2.24) is 4.72 Å². The van der Waals surface area contributed by atoms with Gasteiger partial charge in [0.25, 0.3) is 0 Å². The van der Waals surface area contributed by atoms with Crippen LogP contribution in [0.25, 0.3) is 0 Å². The largest absolute Gasteiger partial charge is 0.275 e. The third-order valence-corrected chi connectivity index (χ3v) is 3.84. The van der Waals surface area contributed by atoms with Crippen molar-refractivity contribution in [3.8, 4) is 0 Å². The average molecular weight is 209 g/mol. The van der Waals surface area contributed by atoms with Gasteiger partial charge in [-0.25, -0.2) is 4.21 Å². The Balaban J connectivity index is 2.19. The Morgan fingerprint density at radius 3 is 2.93 bits per heavy atom. The minimum absolute atomic E-state index is 0.0680. The number of carbonyl (C=O) groups excluding carboxylic acids is 1. The molecule has 0 aromatic rings. The highest BCUT2D eigenvalue weighted by molar-refractivity contribution is 7.84. The van der Waals surface area contributed by atoms with Crippen molar-refractivity contribution in [3.05, 3.63) is 29.5 Å². The number of carbonyl (C=O) groups is 1. The Kier molecular flexibility index (Phi) is 2.40. The summed E-state index contributed by atoms with van der Waals surface area (Å²) < 4.78 is 13.9. The summed E-state index contributed by atoms with van der Waals surface area (Å²) >= 11 is 0. The van der Waals surface area contributed by atoms with Crippen LogP contribution in [0.3, 0.4) is 0 Å². The molecule has 2 rings (SSSR count). The molecule has 0 spiro atoms. The monoisotopic (exact) mass is 209 g/mol. The van der Waals surface area contributed by atoms with Gasteiger partial charge in [-0.3, -0.25) is 9.52 Å². The Bertz CT molecular complexity index is 391. The van der Waals surface area contributed by atoms with E-state index in [9.17, 15) is 9.00 Å². The van der Waals surface area contributed by atoms with Gasteiger partial charge in [0, 0.05) is 12.3 Å².